The molecule has 8 nitrogen and oxygen atoms in total. The molecule has 0 radical (unpaired) electrons. The Morgan fingerprint density at radius 3 is 2.68 bits per heavy atom. The van der Waals surface area contributed by atoms with Gasteiger partial charge in [-0.15, -0.1) is 0 Å². The minimum atomic E-state index is -0.104. The fourth-order valence-electron chi connectivity index (χ4n) is 7.13. The van der Waals surface area contributed by atoms with Crippen molar-refractivity contribution in [1.82, 2.24) is 25.1 Å². The van der Waals surface area contributed by atoms with Gasteiger partial charge >= 0.3 is 0 Å². The molecule has 2 heterocycles. The van der Waals surface area contributed by atoms with Crippen LogP contribution < -0.4 is 20.9 Å². The van der Waals surface area contributed by atoms with Crippen LogP contribution in [0.5, 0.6) is 5.75 Å². The maximum Gasteiger partial charge on any atom is 0.261 e. The summed E-state index contributed by atoms with van der Waals surface area (Å²) in [4.78, 5) is 25.5. The summed E-state index contributed by atoms with van der Waals surface area (Å²) in [6.45, 7) is 12.4. The van der Waals surface area contributed by atoms with Crippen LogP contribution in [0.15, 0.2) is 52.3 Å². The lowest BCUT2D eigenvalue weighted by Crippen LogP contribution is -2.63. The lowest BCUT2D eigenvalue weighted by atomic mass is 9.45. The van der Waals surface area contributed by atoms with Crippen LogP contribution in [0.2, 0.25) is 5.02 Å². The van der Waals surface area contributed by atoms with Gasteiger partial charge in [-0.2, -0.15) is 0 Å². The van der Waals surface area contributed by atoms with E-state index in [4.69, 9.17) is 26.3 Å². The number of aromatic nitrogens is 2. The molecule has 2 bridgehead atoms. The van der Waals surface area contributed by atoms with E-state index < -0.39 is 0 Å². The molecular formula is C32H41ClN6O2. The number of halogens is 1. The van der Waals surface area contributed by atoms with Crippen LogP contribution >= 0.6 is 11.6 Å². The van der Waals surface area contributed by atoms with E-state index in [-0.39, 0.29) is 12.2 Å². The van der Waals surface area contributed by atoms with Gasteiger partial charge in [0, 0.05) is 43.8 Å². The van der Waals surface area contributed by atoms with Crippen LogP contribution in [-0.4, -0.2) is 52.1 Å². The lowest BCUT2D eigenvalue weighted by Gasteiger charge is -2.62. The molecular weight excluding hydrogens is 536 g/mol. The first-order chi connectivity index (χ1) is 19.6. The molecule has 0 spiro atoms. The van der Waals surface area contributed by atoms with Crippen LogP contribution in [0.25, 0.3) is 10.9 Å². The van der Waals surface area contributed by atoms with Crippen molar-refractivity contribution in [2.45, 2.75) is 59.2 Å². The maximum atomic E-state index is 13.2. The summed E-state index contributed by atoms with van der Waals surface area (Å²) in [5.74, 6) is 4.23. The Labute approximate surface area is 247 Å². The molecule has 3 aromatic rings. The fraction of sp³-hybridized carbons (Fsp3) is 0.531. The van der Waals surface area contributed by atoms with Crippen LogP contribution in [0.3, 0.4) is 0 Å². The highest BCUT2D eigenvalue weighted by Gasteiger charge is 2.56. The average molecular weight is 577 g/mol. The van der Waals surface area contributed by atoms with Gasteiger partial charge in [-0.3, -0.25) is 9.36 Å². The lowest BCUT2D eigenvalue weighted by molar-refractivity contribution is -0.112. The molecule has 2 aromatic carbocycles. The summed E-state index contributed by atoms with van der Waals surface area (Å²) in [5.41, 5.74) is 1.73. The second-order valence-electron chi connectivity index (χ2n) is 12.8. The van der Waals surface area contributed by atoms with Crippen molar-refractivity contribution < 1.29 is 4.74 Å². The maximum absolute atomic E-state index is 13.2. The highest BCUT2D eigenvalue weighted by atomic mass is 35.5. The van der Waals surface area contributed by atoms with Gasteiger partial charge in [0.25, 0.3) is 5.56 Å². The minimum absolute atomic E-state index is 0.104. The topological polar surface area (TPSA) is 83.8 Å². The van der Waals surface area contributed by atoms with Gasteiger partial charge < -0.3 is 20.3 Å². The van der Waals surface area contributed by atoms with Gasteiger partial charge in [0.1, 0.15) is 18.2 Å². The number of fused-ring (bicyclic) bond motifs is 3. The van der Waals surface area contributed by atoms with Crippen molar-refractivity contribution in [2.24, 2.45) is 35.2 Å². The number of benzene rings is 2. The Morgan fingerprint density at radius 1 is 1.20 bits per heavy atom. The largest absolute Gasteiger partial charge is 0.486 e. The van der Waals surface area contributed by atoms with E-state index >= 15 is 0 Å². The molecule has 1 aliphatic heterocycles. The third-order valence-corrected chi connectivity index (χ3v) is 10.2. The standard InChI is InChI=1S/C32H41ClN6O2/c1-19-17-39(13-12-34-19)31(37-27-15-21-14-26(20(27)2)32(21,3)4)35-23-8-11-25-28(16-23)36-29(38(5)30(25)40)18-41-24-9-6-22(33)7-10-24/h6-11,16,19-21,26-27,34H,12-15,17-18H2,1-5H3,(H,35,37)/t19-,20+,21-,26-,27-/m0/s1. The summed E-state index contributed by atoms with van der Waals surface area (Å²) in [5, 5.41) is 8.65. The van der Waals surface area contributed by atoms with Crippen LogP contribution in [0.4, 0.5) is 5.69 Å². The molecule has 0 amide bonds. The zero-order valence-electron chi connectivity index (χ0n) is 24.7. The molecule has 4 aliphatic rings. The van der Waals surface area contributed by atoms with E-state index in [0.29, 0.717) is 50.9 Å². The summed E-state index contributed by atoms with van der Waals surface area (Å²) in [6.07, 6.45) is 2.52. The van der Waals surface area contributed by atoms with Gasteiger partial charge in [-0.25, -0.2) is 9.98 Å². The summed E-state index contributed by atoms with van der Waals surface area (Å²) in [6, 6.07) is 13.6. The van der Waals surface area contributed by atoms with Crippen molar-refractivity contribution in [3.05, 3.63) is 63.7 Å². The molecule has 0 unspecified atom stereocenters. The summed E-state index contributed by atoms with van der Waals surface area (Å²) < 4.78 is 7.46. The zero-order valence-corrected chi connectivity index (χ0v) is 25.4. The molecule has 2 N–H and O–H groups in total. The van der Waals surface area contributed by atoms with Crippen molar-refractivity contribution in [3.63, 3.8) is 0 Å². The van der Waals surface area contributed by atoms with Gasteiger partial charge in [0.2, 0.25) is 0 Å². The molecule has 41 heavy (non-hydrogen) atoms. The smallest absolute Gasteiger partial charge is 0.261 e. The highest BCUT2D eigenvalue weighted by Crippen LogP contribution is 2.61. The Morgan fingerprint density at radius 2 is 1.98 bits per heavy atom. The van der Waals surface area contributed by atoms with E-state index in [0.717, 1.165) is 43.1 Å². The molecule has 7 rings (SSSR count). The number of hydrogen-bond donors (Lipinski definition) is 2. The van der Waals surface area contributed by atoms with Crippen LogP contribution in [0, 0.1) is 23.2 Å². The monoisotopic (exact) mass is 576 g/mol. The third-order valence-electron chi connectivity index (χ3n) is 9.91. The quantitative estimate of drug-likeness (QED) is 0.324. The van der Waals surface area contributed by atoms with Crippen LogP contribution in [0.1, 0.15) is 46.4 Å². The molecule has 218 valence electrons. The van der Waals surface area contributed by atoms with E-state index in [2.05, 4.69) is 43.2 Å². The molecule has 5 atom stereocenters. The van der Waals surface area contributed by atoms with Crippen molar-refractivity contribution in [3.8, 4) is 5.75 Å². The Balaban J connectivity index is 1.30. The summed E-state index contributed by atoms with van der Waals surface area (Å²) in [7, 11) is 1.73. The van der Waals surface area contributed by atoms with Gasteiger partial charge in [0.05, 0.1) is 16.6 Å². The second kappa shape index (κ2) is 11.0. The number of hydrogen-bond acceptors (Lipinski definition) is 5. The van der Waals surface area contributed by atoms with E-state index in [9.17, 15) is 4.79 Å². The highest BCUT2D eigenvalue weighted by molar-refractivity contribution is 6.30. The minimum Gasteiger partial charge on any atom is -0.486 e. The number of nitrogens with one attached hydrogen (secondary N) is 2. The number of ether oxygens (including phenoxy) is 1. The number of rotatable bonds is 5. The molecule has 3 saturated carbocycles. The molecule has 1 saturated heterocycles. The van der Waals surface area contributed by atoms with Gasteiger partial charge in [0.15, 0.2) is 5.96 Å². The zero-order chi connectivity index (χ0) is 28.9. The fourth-order valence-corrected chi connectivity index (χ4v) is 7.26. The predicted molar refractivity (Wildman–Crippen MR) is 165 cm³/mol. The van der Waals surface area contributed by atoms with E-state index in [1.807, 2.05) is 18.2 Å². The van der Waals surface area contributed by atoms with E-state index in [1.165, 1.54) is 12.8 Å². The normalized spacial score (nSPS) is 27.4. The Bertz CT molecular complexity index is 1520. The molecule has 4 fully saturated rings. The first-order valence-corrected chi connectivity index (χ1v) is 15.2. The molecule has 9 heteroatoms. The molecule has 1 aromatic heterocycles. The number of nitrogens with zero attached hydrogens (tertiary/aromatic N) is 4. The third kappa shape index (κ3) is 5.44. The predicted octanol–water partition coefficient (Wildman–Crippen LogP) is 5.11. The van der Waals surface area contributed by atoms with Gasteiger partial charge in [-0.1, -0.05) is 32.4 Å². The first kappa shape index (κ1) is 28.0. The first-order valence-electron chi connectivity index (χ1n) is 14.8. The van der Waals surface area contributed by atoms with Crippen LogP contribution in [-0.2, 0) is 13.7 Å². The van der Waals surface area contributed by atoms with Crippen molar-refractivity contribution in [1.29, 1.82) is 0 Å². The number of aliphatic imine (C=N–C) groups is 1. The van der Waals surface area contributed by atoms with E-state index in [1.54, 1.807) is 35.9 Å². The number of piperazine rings is 1. The molecule has 3 aliphatic carbocycles. The average Bonchev–Trinajstić information content (AvgIpc) is 2.95. The SMILES string of the molecule is C[C@H]1[C@@H](NC(=Nc2ccc3c(=O)n(C)c(COc4ccc(Cl)cc4)nc3c2)N2CCN[C@@H](C)C2)C[C@@H]2C[C@@H]1C2(C)C. The Kier molecular flexibility index (Phi) is 7.49. The second-order valence-corrected chi connectivity index (χ2v) is 13.2. The van der Waals surface area contributed by atoms with Crippen molar-refractivity contribution >= 4 is 34.2 Å². The Hall–Kier alpha value is -3.10. The van der Waals surface area contributed by atoms with Gasteiger partial charge in [-0.05, 0) is 85.4 Å². The number of guanidine groups is 1. The van der Waals surface area contributed by atoms with Crippen molar-refractivity contribution in [2.75, 3.05) is 19.6 Å². The summed E-state index contributed by atoms with van der Waals surface area (Å²) >= 11 is 5.99.